The van der Waals surface area contributed by atoms with Gasteiger partial charge in [-0.1, -0.05) is 65.7 Å². The zero-order valence-electron chi connectivity index (χ0n) is 18.6. The number of aromatic hydroxyl groups is 1. The highest BCUT2D eigenvalue weighted by Gasteiger charge is 2.11. The lowest BCUT2D eigenvalue weighted by Crippen LogP contribution is -2.17. The van der Waals surface area contributed by atoms with E-state index < -0.39 is 15.7 Å². The van der Waals surface area contributed by atoms with Gasteiger partial charge < -0.3 is 5.11 Å². The van der Waals surface area contributed by atoms with Gasteiger partial charge in [0.15, 0.2) is 9.84 Å². The Hall–Kier alpha value is -3.94. The normalized spacial score (nSPS) is 11.9. The Morgan fingerprint density at radius 3 is 2.29 bits per heavy atom. The molecule has 0 saturated carbocycles. The smallest absolute Gasteiger partial charge is 0.271 e. The molecule has 4 aromatic carbocycles. The number of phenolic OH excluding ortho intramolecular Hbond substituents is 1. The van der Waals surface area contributed by atoms with E-state index in [0.29, 0.717) is 0 Å². The number of halogens is 1. The molecule has 2 N–H and O–H groups in total. The first kappa shape index (κ1) is 24.2. The van der Waals surface area contributed by atoms with Gasteiger partial charge in [0.05, 0.1) is 16.1 Å². The Balaban J connectivity index is 1.58. The van der Waals surface area contributed by atoms with Gasteiger partial charge in [-0.25, -0.2) is 13.8 Å². The molecule has 0 heterocycles. The van der Waals surface area contributed by atoms with Crippen molar-refractivity contribution in [1.29, 1.82) is 0 Å². The number of nitrogens with one attached hydrogen (secondary N) is 1. The number of rotatable bonds is 6. The molecule has 1 amide bonds. The highest BCUT2D eigenvalue weighted by atomic mass is 35.5. The second-order valence-corrected chi connectivity index (χ2v) is 10.1. The maximum Gasteiger partial charge on any atom is 0.271 e. The van der Waals surface area contributed by atoms with Crippen LogP contribution in [0.3, 0.4) is 0 Å². The fourth-order valence-corrected chi connectivity index (χ4v) is 4.63. The standard InChI is InChI=1S/C27H21ClN2O4S/c1-18-6-11-22(12-7-18)35(33,34)15-14-19-8-9-21(24-5-3-2-4-23(19)24)17-29-30-27(32)20-10-13-26(31)25(28)16-20/h2-17,31H,1H3,(H,30,32). The van der Waals surface area contributed by atoms with Crippen molar-refractivity contribution in [2.45, 2.75) is 11.8 Å². The lowest BCUT2D eigenvalue weighted by atomic mass is 10.0. The van der Waals surface area contributed by atoms with Gasteiger partial charge in [0, 0.05) is 16.5 Å². The summed E-state index contributed by atoms with van der Waals surface area (Å²) in [6, 6.07) is 21.9. The minimum Gasteiger partial charge on any atom is -0.506 e. The van der Waals surface area contributed by atoms with Gasteiger partial charge >= 0.3 is 0 Å². The van der Waals surface area contributed by atoms with Crippen LogP contribution in [0.4, 0.5) is 0 Å². The molecule has 0 atom stereocenters. The Kier molecular flexibility index (Phi) is 7.00. The average molecular weight is 505 g/mol. The third-order valence-corrected chi connectivity index (χ3v) is 7.07. The first-order valence-electron chi connectivity index (χ1n) is 10.6. The van der Waals surface area contributed by atoms with Crippen molar-refractivity contribution in [3.63, 3.8) is 0 Å². The van der Waals surface area contributed by atoms with Gasteiger partial charge in [-0.05, 0) is 59.7 Å². The molecule has 0 radical (unpaired) electrons. The molecular formula is C27H21ClN2O4S. The number of phenols is 1. The second-order valence-electron chi connectivity index (χ2n) is 7.82. The molecule has 0 fully saturated rings. The molecule has 8 heteroatoms. The van der Waals surface area contributed by atoms with Crippen molar-refractivity contribution < 1.29 is 18.3 Å². The molecule has 0 aliphatic heterocycles. The molecule has 0 unspecified atom stereocenters. The van der Waals surface area contributed by atoms with Crippen LogP contribution in [0, 0.1) is 6.92 Å². The van der Waals surface area contributed by atoms with E-state index in [-0.39, 0.29) is 21.2 Å². The number of fused-ring (bicyclic) bond motifs is 1. The molecule has 0 saturated heterocycles. The number of nitrogens with zero attached hydrogens (tertiary/aromatic N) is 1. The number of sulfone groups is 1. The van der Waals surface area contributed by atoms with E-state index in [1.807, 2.05) is 31.2 Å². The summed E-state index contributed by atoms with van der Waals surface area (Å²) in [5.74, 6) is -0.590. The zero-order valence-corrected chi connectivity index (χ0v) is 20.2. The SMILES string of the molecule is Cc1ccc(S(=O)(=O)C=Cc2ccc(C=NNC(=O)c3ccc(O)c(Cl)c3)c3ccccc23)cc1. The minimum absolute atomic E-state index is 0.0701. The van der Waals surface area contributed by atoms with Gasteiger partial charge in [0.1, 0.15) is 5.75 Å². The summed E-state index contributed by atoms with van der Waals surface area (Å²) in [7, 11) is -3.59. The minimum atomic E-state index is -3.59. The lowest BCUT2D eigenvalue weighted by Gasteiger charge is -2.07. The number of amides is 1. The highest BCUT2D eigenvalue weighted by molar-refractivity contribution is 7.94. The van der Waals surface area contributed by atoms with Crippen molar-refractivity contribution in [1.82, 2.24) is 5.43 Å². The molecule has 0 aliphatic rings. The van der Waals surface area contributed by atoms with Gasteiger partial charge in [0.2, 0.25) is 0 Å². The monoisotopic (exact) mass is 504 g/mol. The lowest BCUT2D eigenvalue weighted by molar-refractivity contribution is 0.0955. The number of hydrogen-bond donors (Lipinski definition) is 2. The van der Waals surface area contributed by atoms with Gasteiger partial charge in [-0.2, -0.15) is 5.10 Å². The number of hydrogen-bond acceptors (Lipinski definition) is 5. The predicted molar refractivity (Wildman–Crippen MR) is 140 cm³/mol. The summed E-state index contributed by atoms with van der Waals surface area (Å²) in [5, 5.41) is 16.5. The summed E-state index contributed by atoms with van der Waals surface area (Å²) < 4.78 is 25.4. The van der Waals surface area contributed by atoms with Crippen molar-refractivity contribution >= 4 is 50.4 Å². The number of hydrazone groups is 1. The van der Waals surface area contributed by atoms with E-state index in [2.05, 4.69) is 10.5 Å². The average Bonchev–Trinajstić information content (AvgIpc) is 2.85. The maximum atomic E-state index is 12.7. The van der Waals surface area contributed by atoms with Crippen LogP contribution in [-0.4, -0.2) is 25.6 Å². The molecule has 0 aromatic heterocycles. The van der Waals surface area contributed by atoms with Crippen LogP contribution in [0.1, 0.15) is 27.0 Å². The van der Waals surface area contributed by atoms with Gasteiger partial charge in [-0.3, -0.25) is 4.79 Å². The van der Waals surface area contributed by atoms with Crippen molar-refractivity contribution in [2.75, 3.05) is 0 Å². The van der Waals surface area contributed by atoms with Gasteiger partial charge in [-0.15, -0.1) is 0 Å². The van der Waals surface area contributed by atoms with Crippen LogP contribution in [0.2, 0.25) is 5.02 Å². The van der Waals surface area contributed by atoms with Crippen LogP contribution in [0.15, 0.2) is 94.3 Å². The van der Waals surface area contributed by atoms with Crippen molar-refractivity contribution in [2.24, 2.45) is 5.10 Å². The van der Waals surface area contributed by atoms with E-state index in [9.17, 15) is 18.3 Å². The Labute approximate surface area is 208 Å². The Morgan fingerprint density at radius 1 is 0.943 bits per heavy atom. The molecule has 4 rings (SSSR count). The van der Waals surface area contributed by atoms with Crippen molar-refractivity contribution in [3.05, 3.63) is 112 Å². The topological polar surface area (TPSA) is 95.8 Å². The van der Waals surface area contributed by atoms with Crippen LogP contribution in [-0.2, 0) is 9.84 Å². The summed E-state index contributed by atoms with van der Waals surface area (Å²) in [6.07, 6.45) is 3.09. The van der Waals surface area contributed by atoms with E-state index in [1.165, 1.54) is 29.8 Å². The Morgan fingerprint density at radius 2 is 1.60 bits per heavy atom. The number of carbonyl (C=O) groups excluding carboxylic acids is 1. The first-order valence-corrected chi connectivity index (χ1v) is 12.5. The molecule has 0 spiro atoms. The third-order valence-electron chi connectivity index (χ3n) is 5.35. The molecule has 0 bridgehead atoms. The van der Waals surface area contributed by atoms with Crippen LogP contribution < -0.4 is 5.43 Å². The first-order chi connectivity index (χ1) is 16.7. The Bertz CT molecular complexity index is 1580. The maximum absolute atomic E-state index is 12.7. The molecule has 176 valence electrons. The summed E-state index contributed by atoms with van der Waals surface area (Å²) in [4.78, 5) is 12.5. The summed E-state index contributed by atoms with van der Waals surface area (Å²) >= 11 is 5.85. The zero-order chi connectivity index (χ0) is 25.0. The highest BCUT2D eigenvalue weighted by Crippen LogP contribution is 2.25. The molecule has 6 nitrogen and oxygen atoms in total. The molecule has 4 aromatic rings. The van der Waals surface area contributed by atoms with Crippen molar-refractivity contribution in [3.8, 4) is 5.75 Å². The van der Waals surface area contributed by atoms with Crippen LogP contribution in [0.25, 0.3) is 16.8 Å². The molecule has 0 aliphatic carbocycles. The van der Waals surface area contributed by atoms with Gasteiger partial charge in [0.25, 0.3) is 5.91 Å². The second kappa shape index (κ2) is 10.1. The van der Waals surface area contributed by atoms with E-state index >= 15 is 0 Å². The number of benzene rings is 4. The van der Waals surface area contributed by atoms with E-state index in [0.717, 1.165) is 27.5 Å². The summed E-state index contributed by atoms with van der Waals surface area (Å²) in [5.41, 5.74) is 5.15. The van der Waals surface area contributed by atoms with E-state index in [4.69, 9.17) is 11.6 Å². The molecular weight excluding hydrogens is 484 g/mol. The predicted octanol–water partition coefficient (Wildman–Crippen LogP) is 5.72. The molecule has 35 heavy (non-hydrogen) atoms. The third kappa shape index (κ3) is 5.59. The van der Waals surface area contributed by atoms with Crippen LogP contribution >= 0.6 is 11.6 Å². The van der Waals surface area contributed by atoms with E-state index in [1.54, 1.807) is 42.5 Å². The summed E-state index contributed by atoms with van der Waals surface area (Å²) in [6.45, 7) is 1.90. The number of aryl methyl sites for hydroxylation is 1. The van der Waals surface area contributed by atoms with Crippen LogP contribution in [0.5, 0.6) is 5.75 Å². The fourth-order valence-electron chi connectivity index (χ4n) is 3.45. The quantitative estimate of drug-likeness (QED) is 0.259. The fraction of sp³-hybridized carbons (Fsp3) is 0.0370. The number of carbonyl (C=O) groups is 1. The largest absolute Gasteiger partial charge is 0.506 e.